The molecule has 0 fully saturated rings. The second-order valence-corrected chi connectivity index (χ2v) is 3.55. The van der Waals surface area contributed by atoms with Gasteiger partial charge < -0.3 is 5.32 Å². The summed E-state index contributed by atoms with van der Waals surface area (Å²) in [6.07, 6.45) is 8.25. The number of amides is 1. The summed E-state index contributed by atoms with van der Waals surface area (Å²) in [7, 11) is 0. The molecule has 0 saturated carbocycles. The van der Waals surface area contributed by atoms with E-state index in [2.05, 4.69) is 20.3 Å². The maximum absolute atomic E-state index is 12.0. The number of carbonyl (C=O) groups is 1. The number of rotatable bonds is 0. The van der Waals surface area contributed by atoms with E-state index >= 15 is 0 Å². The SMILES string of the molecule is O=C1Nc2cncnc2/C=C\c2ncccc21. The first-order valence-corrected chi connectivity index (χ1v) is 5.09. The summed E-state index contributed by atoms with van der Waals surface area (Å²) in [5.74, 6) is -0.200. The van der Waals surface area contributed by atoms with E-state index in [1.54, 1.807) is 30.6 Å². The highest BCUT2D eigenvalue weighted by molar-refractivity contribution is 6.08. The van der Waals surface area contributed by atoms with Crippen LogP contribution in [-0.2, 0) is 0 Å². The minimum Gasteiger partial charge on any atom is -0.319 e. The van der Waals surface area contributed by atoms with Crippen LogP contribution in [0.25, 0.3) is 12.2 Å². The summed E-state index contributed by atoms with van der Waals surface area (Å²) in [5, 5.41) is 2.76. The first-order valence-electron chi connectivity index (χ1n) is 5.09. The molecule has 3 heterocycles. The molecule has 1 N–H and O–H groups in total. The van der Waals surface area contributed by atoms with Crippen molar-refractivity contribution in [2.75, 3.05) is 5.32 Å². The molecule has 3 rings (SSSR count). The number of anilines is 1. The third-order valence-corrected chi connectivity index (χ3v) is 2.47. The van der Waals surface area contributed by atoms with Gasteiger partial charge in [0.2, 0.25) is 0 Å². The Morgan fingerprint density at radius 1 is 1.12 bits per heavy atom. The summed E-state index contributed by atoms with van der Waals surface area (Å²) in [6, 6.07) is 3.47. The molecular formula is C12H8N4O. The van der Waals surface area contributed by atoms with E-state index in [-0.39, 0.29) is 5.91 Å². The second-order valence-electron chi connectivity index (χ2n) is 3.55. The fraction of sp³-hybridized carbons (Fsp3) is 0. The molecular weight excluding hydrogens is 216 g/mol. The van der Waals surface area contributed by atoms with Crippen LogP contribution in [-0.4, -0.2) is 20.9 Å². The van der Waals surface area contributed by atoms with Crippen molar-refractivity contribution in [1.29, 1.82) is 0 Å². The monoisotopic (exact) mass is 224 g/mol. The number of hydrogen-bond donors (Lipinski definition) is 1. The van der Waals surface area contributed by atoms with Gasteiger partial charge in [0, 0.05) is 6.20 Å². The van der Waals surface area contributed by atoms with Crippen LogP contribution in [0.2, 0.25) is 0 Å². The Morgan fingerprint density at radius 2 is 2.00 bits per heavy atom. The molecule has 1 aliphatic rings. The smallest absolute Gasteiger partial charge is 0.257 e. The maximum Gasteiger partial charge on any atom is 0.257 e. The molecule has 0 unspecified atom stereocenters. The van der Waals surface area contributed by atoms with Gasteiger partial charge >= 0.3 is 0 Å². The van der Waals surface area contributed by atoms with Crippen LogP contribution < -0.4 is 5.32 Å². The van der Waals surface area contributed by atoms with Crippen LogP contribution in [0.5, 0.6) is 0 Å². The molecule has 2 aromatic heterocycles. The van der Waals surface area contributed by atoms with Gasteiger partial charge in [-0.15, -0.1) is 0 Å². The molecule has 0 bridgehead atoms. The zero-order chi connectivity index (χ0) is 11.7. The van der Waals surface area contributed by atoms with Crippen molar-refractivity contribution in [3.8, 4) is 0 Å². The molecule has 5 nitrogen and oxygen atoms in total. The molecule has 82 valence electrons. The third kappa shape index (κ3) is 1.67. The van der Waals surface area contributed by atoms with Crippen LogP contribution >= 0.6 is 0 Å². The molecule has 0 saturated heterocycles. The summed E-state index contributed by atoms with van der Waals surface area (Å²) < 4.78 is 0. The minimum absolute atomic E-state index is 0.200. The number of fused-ring (bicyclic) bond motifs is 2. The van der Waals surface area contributed by atoms with E-state index in [0.717, 1.165) is 0 Å². The van der Waals surface area contributed by atoms with Crippen molar-refractivity contribution < 1.29 is 4.79 Å². The fourth-order valence-electron chi connectivity index (χ4n) is 1.66. The summed E-state index contributed by atoms with van der Waals surface area (Å²) in [4.78, 5) is 24.1. The molecule has 1 aliphatic heterocycles. The van der Waals surface area contributed by atoms with Crippen molar-refractivity contribution >= 4 is 23.7 Å². The minimum atomic E-state index is -0.200. The maximum atomic E-state index is 12.0. The van der Waals surface area contributed by atoms with Crippen molar-refractivity contribution in [3.05, 3.63) is 47.8 Å². The number of nitrogens with one attached hydrogen (secondary N) is 1. The Morgan fingerprint density at radius 3 is 2.94 bits per heavy atom. The molecule has 1 amide bonds. The Hall–Kier alpha value is -2.56. The van der Waals surface area contributed by atoms with Gasteiger partial charge in [0.05, 0.1) is 28.8 Å². The van der Waals surface area contributed by atoms with Gasteiger partial charge in [-0.1, -0.05) is 0 Å². The van der Waals surface area contributed by atoms with Crippen molar-refractivity contribution in [1.82, 2.24) is 15.0 Å². The van der Waals surface area contributed by atoms with Gasteiger partial charge in [0.1, 0.15) is 6.33 Å². The molecule has 0 aromatic carbocycles. The van der Waals surface area contributed by atoms with Crippen LogP contribution in [0.3, 0.4) is 0 Å². The van der Waals surface area contributed by atoms with Gasteiger partial charge in [-0.3, -0.25) is 9.78 Å². The summed E-state index contributed by atoms with van der Waals surface area (Å²) in [5.41, 5.74) is 2.44. The second kappa shape index (κ2) is 3.79. The highest BCUT2D eigenvalue weighted by Gasteiger charge is 2.15. The highest BCUT2D eigenvalue weighted by Crippen LogP contribution is 2.20. The zero-order valence-electron chi connectivity index (χ0n) is 8.79. The van der Waals surface area contributed by atoms with E-state index < -0.39 is 0 Å². The van der Waals surface area contributed by atoms with E-state index in [9.17, 15) is 4.79 Å². The van der Waals surface area contributed by atoms with E-state index in [0.29, 0.717) is 22.6 Å². The Balaban J connectivity index is 2.19. The standard InChI is InChI=1S/C12H8N4O/c17-12-8-2-1-5-14-9(8)3-4-10-11(16-12)6-13-7-15-10/h1-7H,(H,16,17). The lowest BCUT2D eigenvalue weighted by Crippen LogP contribution is -2.16. The Kier molecular flexibility index (Phi) is 2.15. The number of nitrogens with zero attached hydrogens (tertiary/aromatic N) is 3. The average Bonchev–Trinajstić information content (AvgIpc) is 2.36. The molecule has 17 heavy (non-hydrogen) atoms. The predicted octanol–water partition coefficient (Wildman–Crippen LogP) is 1.61. The van der Waals surface area contributed by atoms with Gasteiger partial charge in [-0.05, 0) is 24.3 Å². The number of aromatic nitrogens is 3. The van der Waals surface area contributed by atoms with Crippen molar-refractivity contribution in [3.63, 3.8) is 0 Å². The van der Waals surface area contributed by atoms with Crippen molar-refractivity contribution in [2.24, 2.45) is 0 Å². The lowest BCUT2D eigenvalue weighted by molar-refractivity contribution is 0.102. The predicted molar refractivity (Wildman–Crippen MR) is 63.2 cm³/mol. The van der Waals surface area contributed by atoms with Crippen LogP contribution in [0.4, 0.5) is 5.69 Å². The average molecular weight is 224 g/mol. The highest BCUT2D eigenvalue weighted by atomic mass is 16.1. The van der Waals surface area contributed by atoms with E-state index in [1.807, 2.05) is 6.08 Å². The molecule has 0 aliphatic carbocycles. The number of hydrogen-bond acceptors (Lipinski definition) is 4. The molecule has 5 heteroatoms. The molecule has 0 atom stereocenters. The lowest BCUT2D eigenvalue weighted by Gasteiger charge is -2.11. The van der Waals surface area contributed by atoms with Gasteiger partial charge in [-0.2, -0.15) is 0 Å². The van der Waals surface area contributed by atoms with Gasteiger partial charge in [0.25, 0.3) is 5.91 Å². The number of carbonyl (C=O) groups excluding carboxylic acids is 1. The van der Waals surface area contributed by atoms with E-state index in [4.69, 9.17) is 0 Å². The fourth-order valence-corrected chi connectivity index (χ4v) is 1.66. The zero-order valence-corrected chi connectivity index (χ0v) is 8.79. The van der Waals surface area contributed by atoms with Crippen molar-refractivity contribution in [2.45, 2.75) is 0 Å². The molecule has 2 aromatic rings. The Bertz CT molecular complexity index is 621. The summed E-state index contributed by atoms with van der Waals surface area (Å²) >= 11 is 0. The Labute approximate surface area is 97.3 Å². The van der Waals surface area contributed by atoms with E-state index in [1.165, 1.54) is 6.33 Å². The molecule has 0 radical (unpaired) electrons. The normalized spacial score (nSPS) is 14.9. The van der Waals surface area contributed by atoms with Gasteiger partial charge in [-0.25, -0.2) is 9.97 Å². The first kappa shape index (κ1) is 9.65. The first-order chi connectivity index (χ1) is 8.34. The quantitative estimate of drug-likeness (QED) is 0.738. The summed E-state index contributed by atoms with van der Waals surface area (Å²) in [6.45, 7) is 0. The topological polar surface area (TPSA) is 67.8 Å². The van der Waals surface area contributed by atoms with Crippen LogP contribution in [0.15, 0.2) is 30.9 Å². The molecule has 0 spiro atoms. The van der Waals surface area contributed by atoms with Crippen LogP contribution in [0.1, 0.15) is 21.7 Å². The largest absolute Gasteiger partial charge is 0.319 e. The number of pyridine rings is 1. The lowest BCUT2D eigenvalue weighted by atomic mass is 10.1. The van der Waals surface area contributed by atoms with Gasteiger partial charge in [0.15, 0.2) is 0 Å². The van der Waals surface area contributed by atoms with Crippen LogP contribution in [0, 0.1) is 0 Å². The third-order valence-electron chi connectivity index (χ3n) is 2.47.